The van der Waals surface area contributed by atoms with E-state index < -0.39 is 5.97 Å². The number of furan rings is 1. The first-order chi connectivity index (χ1) is 9.65. The van der Waals surface area contributed by atoms with Gasteiger partial charge in [-0.15, -0.1) is 0 Å². The number of thioether (sulfide) groups is 1. The lowest BCUT2D eigenvalue weighted by molar-refractivity contribution is 0.0562. The van der Waals surface area contributed by atoms with Crippen molar-refractivity contribution in [2.45, 2.75) is 50.4 Å². The van der Waals surface area contributed by atoms with Gasteiger partial charge < -0.3 is 14.5 Å². The number of carbonyl (C=O) groups is 1. The van der Waals surface area contributed by atoms with Crippen LogP contribution in [0.2, 0.25) is 0 Å². The zero-order valence-electron chi connectivity index (χ0n) is 12.3. The Labute approximate surface area is 124 Å². The molecular weight excluding hydrogens is 274 g/mol. The molecule has 1 fully saturated rings. The van der Waals surface area contributed by atoms with Gasteiger partial charge in [0.15, 0.2) is 0 Å². The highest BCUT2D eigenvalue weighted by Crippen LogP contribution is 2.31. The van der Waals surface area contributed by atoms with Gasteiger partial charge in [-0.25, -0.2) is 4.79 Å². The van der Waals surface area contributed by atoms with Crippen LogP contribution in [0.1, 0.15) is 55.5 Å². The molecule has 1 saturated carbocycles. The smallest absolute Gasteiger partial charge is 0.373 e. The van der Waals surface area contributed by atoms with E-state index in [9.17, 15) is 4.79 Å². The molecule has 1 heterocycles. The summed E-state index contributed by atoms with van der Waals surface area (Å²) >= 11 is 2.03. The third-order valence-electron chi connectivity index (χ3n) is 3.74. The van der Waals surface area contributed by atoms with Gasteiger partial charge in [-0.3, -0.25) is 0 Å². The maximum absolute atomic E-state index is 11.4. The molecule has 2 rings (SSSR count). The molecular formula is C15H23NO3S. The Morgan fingerprint density at radius 3 is 3.05 bits per heavy atom. The minimum Gasteiger partial charge on any atom is -0.463 e. The number of carbonyl (C=O) groups excluding carboxylic acids is 1. The number of hydrogen-bond acceptors (Lipinski definition) is 5. The van der Waals surface area contributed by atoms with Gasteiger partial charge in [-0.2, -0.15) is 11.8 Å². The van der Waals surface area contributed by atoms with E-state index in [1.165, 1.54) is 26.4 Å². The molecule has 1 aromatic heterocycles. The maximum Gasteiger partial charge on any atom is 0.373 e. The predicted molar refractivity (Wildman–Crippen MR) is 81.2 cm³/mol. The molecule has 0 amide bonds. The average molecular weight is 297 g/mol. The van der Waals surface area contributed by atoms with Crippen LogP contribution in [0, 0.1) is 0 Å². The minimum absolute atomic E-state index is 0.108. The van der Waals surface area contributed by atoms with E-state index in [0.29, 0.717) is 11.3 Å². The van der Waals surface area contributed by atoms with Gasteiger partial charge in [0.25, 0.3) is 0 Å². The second-order valence-corrected chi connectivity index (χ2v) is 6.63. The van der Waals surface area contributed by atoms with Crippen molar-refractivity contribution < 1.29 is 13.9 Å². The van der Waals surface area contributed by atoms with E-state index in [0.717, 1.165) is 11.5 Å². The first-order valence-corrected chi connectivity index (χ1v) is 8.26. The molecule has 112 valence electrons. The molecule has 0 aromatic carbocycles. The van der Waals surface area contributed by atoms with Gasteiger partial charge in [0.05, 0.1) is 13.2 Å². The summed E-state index contributed by atoms with van der Waals surface area (Å²) in [4.78, 5) is 11.4. The van der Waals surface area contributed by atoms with Crippen molar-refractivity contribution in [3.63, 3.8) is 0 Å². The first-order valence-electron chi connectivity index (χ1n) is 7.21. The highest BCUT2D eigenvalue weighted by molar-refractivity contribution is 7.99. The van der Waals surface area contributed by atoms with Crippen molar-refractivity contribution in [2.24, 2.45) is 0 Å². The lowest BCUT2D eigenvalue weighted by Crippen LogP contribution is -2.35. The lowest BCUT2D eigenvalue weighted by atomic mass is 10.2. The van der Waals surface area contributed by atoms with Crippen molar-refractivity contribution in [3.05, 3.63) is 23.7 Å². The SMILES string of the molecule is CCSC1CCCC1NC(C)c1ccc(C(=O)OC)o1. The van der Waals surface area contributed by atoms with E-state index in [1.54, 1.807) is 6.07 Å². The summed E-state index contributed by atoms with van der Waals surface area (Å²) < 4.78 is 10.2. The Morgan fingerprint density at radius 1 is 1.55 bits per heavy atom. The standard InChI is InChI=1S/C15H23NO3S/c1-4-20-14-7-5-6-11(14)16-10(2)12-8-9-13(19-12)15(17)18-3/h8-11,14,16H,4-7H2,1-3H3. The average Bonchev–Trinajstić information content (AvgIpc) is 3.08. The van der Waals surface area contributed by atoms with Gasteiger partial charge in [-0.1, -0.05) is 13.3 Å². The van der Waals surface area contributed by atoms with Gasteiger partial charge in [-0.05, 0) is 37.7 Å². The van der Waals surface area contributed by atoms with Gasteiger partial charge in [0, 0.05) is 11.3 Å². The Kier molecular flexibility index (Phi) is 5.54. The fourth-order valence-electron chi connectivity index (χ4n) is 2.73. The van der Waals surface area contributed by atoms with E-state index in [1.807, 2.05) is 17.8 Å². The molecule has 1 aliphatic rings. The van der Waals surface area contributed by atoms with Crippen LogP contribution in [0.3, 0.4) is 0 Å². The summed E-state index contributed by atoms with van der Waals surface area (Å²) in [6, 6.07) is 4.16. The highest BCUT2D eigenvalue weighted by Gasteiger charge is 2.29. The quantitative estimate of drug-likeness (QED) is 0.816. The van der Waals surface area contributed by atoms with Crippen molar-refractivity contribution in [1.82, 2.24) is 5.32 Å². The summed E-state index contributed by atoms with van der Waals surface area (Å²) in [5.74, 6) is 1.79. The first kappa shape index (κ1) is 15.4. The number of hydrogen-bond donors (Lipinski definition) is 1. The Hall–Kier alpha value is -0.940. The fraction of sp³-hybridized carbons (Fsp3) is 0.667. The summed E-state index contributed by atoms with van der Waals surface area (Å²) in [7, 11) is 1.36. The fourth-order valence-corrected chi connectivity index (χ4v) is 3.94. The zero-order chi connectivity index (χ0) is 14.5. The number of nitrogens with one attached hydrogen (secondary N) is 1. The van der Waals surface area contributed by atoms with E-state index in [2.05, 4.69) is 23.9 Å². The molecule has 3 atom stereocenters. The Morgan fingerprint density at radius 2 is 2.35 bits per heavy atom. The van der Waals surface area contributed by atoms with Gasteiger partial charge in [0.1, 0.15) is 5.76 Å². The molecule has 0 spiro atoms. The third-order valence-corrected chi connectivity index (χ3v) is 5.06. The normalized spacial score (nSPS) is 23.8. The maximum atomic E-state index is 11.4. The van der Waals surface area contributed by atoms with Crippen LogP contribution >= 0.6 is 11.8 Å². The van der Waals surface area contributed by atoms with Crippen LogP contribution in [0.5, 0.6) is 0 Å². The molecule has 1 N–H and O–H groups in total. The summed E-state index contributed by atoms with van der Waals surface area (Å²) in [6.07, 6.45) is 3.79. The molecule has 5 heteroatoms. The third kappa shape index (κ3) is 3.58. The van der Waals surface area contributed by atoms with Crippen LogP contribution in [-0.4, -0.2) is 30.1 Å². The van der Waals surface area contributed by atoms with Crippen molar-refractivity contribution in [1.29, 1.82) is 0 Å². The van der Waals surface area contributed by atoms with Crippen LogP contribution in [0.15, 0.2) is 16.5 Å². The van der Waals surface area contributed by atoms with Crippen LogP contribution in [-0.2, 0) is 4.74 Å². The number of methoxy groups -OCH3 is 1. The van der Waals surface area contributed by atoms with Crippen LogP contribution in [0.4, 0.5) is 0 Å². The van der Waals surface area contributed by atoms with Gasteiger partial charge in [0.2, 0.25) is 5.76 Å². The summed E-state index contributed by atoms with van der Waals surface area (Å²) in [5, 5.41) is 4.33. The van der Waals surface area contributed by atoms with Gasteiger partial charge >= 0.3 is 5.97 Å². The molecule has 0 aliphatic heterocycles. The Balaban J connectivity index is 1.95. The van der Waals surface area contributed by atoms with Crippen LogP contribution < -0.4 is 5.32 Å². The number of ether oxygens (including phenoxy) is 1. The number of rotatable bonds is 6. The van der Waals surface area contributed by atoms with E-state index in [-0.39, 0.29) is 11.8 Å². The number of esters is 1. The minimum atomic E-state index is -0.427. The summed E-state index contributed by atoms with van der Waals surface area (Å²) in [5.41, 5.74) is 0. The molecule has 0 bridgehead atoms. The van der Waals surface area contributed by atoms with Crippen LogP contribution in [0.25, 0.3) is 0 Å². The second kappa shape index (κ2) is 7.18. The monoisotopic (exact) mass is 297 g/mol. The summed E-state index contributed by atoms with van der Waals surface area (Å²) in [6.45, 7) is 4.28. The Bertz CT molecular complexity index is 446. The molecule has 20 heavy (non-hydrogen) atoms. The van der Waals surface area contributed by atoms with Crippen molar-refractivity contribution in [3.8, 4) is 0 Å². The topological polar surface area (TPSA) is 51.5 Å². The van der Waals surface area contributed by atoms with E-state index >= 15 is 0 Å². The molecule has 4 nitrogen and oxygen atoms in total. The van der Waals surface area contributed by atoms with Crippen molar-refractivity contribution >= 4 is 17.7 Å². The molecule has 1 aromatic rings. The second-order valence-electron chi connectivity index (χ2n) is 5.11. The largest absolute Gasteiger partial charge is 0.463 e. The van der Waals surface area contributed by atoms with Crippen molar-refractivity contribution in [2.75, 3.05) is 12.9 Å². The molecule has 3 unspecified atom stereocenters. The van der Waals surface area contributed by atoms with E-state index in [4.69, 9.17) is 4.42 Å². The predicted octanol–water partition coefficient (Wildman–Crippen LogP) is 3.39. The highest BCUT2D eigenvalue weighted by atomic mass is 32.2. The zero-order valence-corrected chi connectivity index (χ0v) is 13.2. The lowest BCUT2D eigenvalue weighted by Gasteiger charge is -2.23. The molecule has 0 saturated heterocycles. The molecule has 1 aliphatic carbocycles. The molecule has 0 radical (unpaired) electrons.